The van der Waals surface area contributed by atoms with Crippen molar-refractivity contribution >= 4 is 36.4 Å². The van der Waals surface area contributed by atoms with Crippen molar-refractivity contribution in [1.82, 2.24) is 0 Å². The number of rotatable bonds is 0. The molecule has 1 heterocycles. The molecule has 108 valence electrons. The normalized spacial score (nSPS) is 15.7. The second-order valence-corrected chi connectivity index (χ2v) is 5.20. The van der Waals surface area contributed by atoms with E-state index >= 15 is 0 Å². The lowest BCUT2D eigenvalue weighted by Gasteiger charge is -2.42. The Kier molecular flexibility index (Phi) is 4.63. The Bertz CT molecular complexity index is 555. The molecule has 4 nitrogen and oxygen atoms in total. The van der Waals surface area contributed by atoms with Crippen LogP contribution in [0.1, 0.15) is 41.6 Å². The third-order valence-corrected chi connectivity index (χ3v) is 3.29. The van der Waals surface area contributed by atoms with Gasteiger partial charge in [-0.3, -0.25) is 15.7 Å². The van der Waals surface area contributed by atoms with Crippen LogP contribution in [0.2, 0.25) is 0 Å². The van der Waals surface area contributed by atoms with Gasteiger partial charge in [-0.05, 0) is 39.3 Å². The van der Waals surface area contributed by atoms with Crippen LogP contribution in [0, 0.1) is 17.7 Å². The molecule has 0 saturated carbocycles. The summed E-state index contributed by atoms with van der Waals surface area (Å²) in [5, 5.41) is 19.5. The molecule has 3 N–H and O–H groups in total. The second-order valence-electron chi connectivity index (χ2n) is 5.20. The Hall–Kier alpha value is -1.78. The van der Waals surface area contributed by atoms with Crippen LogP contribution in [-0.4, -0.2) is 25.1 Å². The number of nitrogens with one attached hydrogen (secondary N) is 3. The predicted octanol–water partition coefficient (Wildman–Crippen LogP) is 3.05. The fraction of sp³-hybridized carbons (Fsp3) is 0.467. The van der Waals surface area contributed by atoms with Crippen molar-refractivity contribution in [3.63, 3.8) is 0 Å². The molecule has 0 bridgehead atoms. The van der Waals surface area contributed by atoms with E-state index in [0.29, 0.717) is 17.1 Å². The average Bonchev–Trinajstić information content (AvgIpc) is 2.38. The van der Waals surface area contributed by atoms with Crippen LogP contribution in [0.25, 0.3) is 0 Å². The minimum atomic E-state index is -0.502. The number of fused-ring (bicyclic) bond motifs is 1. The summed E-state index contributed by atoms with van der Waals surface area (Å²) in [5.41, 5.74) is 2.79. The van der Waals surface area contributed by atoms with E-state index in [1.807, 2.05) is 46.8 Å². The summed E-state index contributed by atoms with van der Waals surface area (Å²) in [4.78, 5) is 1.65. The van der Waals surface area contributed by atoms with E-state index in [9.17, 15) is 0 Å². The minimum absolute atomic E-state index is 0. The Labute approximate surface area is 124 Å². The lowest BCUT2D eigenvalue weighted by molar-refractivity contribution is 0.732. The van der Waals surface area contributed by atoms with Gasteiger partial charge >= 0.3 is 0 Å². The lowest BCUT2D eigenvalue weighted by atomic mass is 9.87. The fourth-order valence-corrected chi connectivity index (χ4v) is 2.23. The quantitative estimate of drug-likeness (QED) is 0.386. The number of anilines is 2. The van der Waals surface area contributed by atoms with E-state index in [4.69, 9.17) is 18.7 Å². The molecular formula is C15H25BN4. The topological polar surface area (TPSA) is 63.0 Å². The van der Waals surface area contributed by atoms with Crippen molar-refractivity contribution in [1.29, 1.82) is 10.8 Å². The molecule has 0 aliphatic carbocycles. The Morgan fingerprint density at radius 3 is 2.40 bits per heavy atom. The van der Waals surface area contributed by atoms with Gasteiger partial charge in [0.25, 0.3) is 0 Å². The molecule has 0 aromatic heterocycles. The molecular weight excluding hydrogens is 247 g/mol. The number of amidine groups is 2. The Morgan fingerprint density at radius 1 is 1.35 bits per heavy atom. The van der Waals surface area contributed by atoms with Crippen LogP contribution in [-0.2, 0) is 0 Å². The molecule has 0 saturated heterocycles. The molecule has 0 spiro atoms. The maximum absolute atomic E-state index is 8.26. The van der Waals surface area contributed by atoms with E-state index in [-0.39, 0.29) is 1.43 Å². The molecule has 1 aliphatic rings. The van der Waals surface area contributed by atoms with E-state index in [1.54, 1.807) is 11.8 Å². The van der Waals surface area contributed by atoms with E-state index < -0.39 is 5.54 Å². The number of hydrogen-bond acceptors (Lipinski definition) is 3. The van der Waals surface area contributed by atoms with Gasteiger partial charge in [0.2, 0.25) is 0 Å². The Balaban J connectivity index is 0.00000128. The third-order valence-electron chi connectivity index (χ3n) is 3.29. The highest BCUT2D eigenvalue weighted by Crippen LogP contribution is 2.37. The molecule has 1 aromatic carbocycles. The van der Waals surface area contributed by atoms with Gasteiger partial charge in [-0.25, -0.2) is 0 Å². The zero-order valence-electron chi connectivity index (χ0n) is 13.2. The van der Waals surface area contributed by atoms with Crippen LogP contribution >= 0.6 is 0 Å². The van der Waals surface area contributed by atoms with E-state index in [2.05, 4.69) is 5.32 Å². The molecule has 0 amide bonds. The third kappa shape index (κ3) is 2.57. The smallest absolute Gasteiger partial charge is 0.132 e. The first kappa shape index (κ1) is 16.3. The number of hydrogen-bond donors (Lipinski definition) is 3. The van der Waals surface area contributed by atoms with Gasteiger partial charge in [0.15, 0.2) is 0 Å². The second kappa shape index (κ2) is 5.69. The summed E-state index contributed by atoms with van der Waals surface area (Å²) in [6, 6.07) is 3.76. The van der Waals surface area contributed by atoms with Gasteiger partial charge in [0.1, 0.15) is 19.5 Å². The van der Waals surface area contributed by atoms with Gasteiger partial charge in [-0.1, -0.05) is 25.4 Å². The molecule has 1 aromatic rings. The van der Waals surface area contributed by atoms with E-state index in [1.165, 1.54) is 0 Å². The van der Waals surface area contributed by atoms with Crippen LogP contribution in [0.4, 0.5) is 11.4 Å². The van der Waals surface area contributed by atoms with Crippen molar-refractivity contribution in [3.8, 4) is 0 Å². The van der Waals surface area contributed by atoms with Crippen molar-refractivity contribution in [2.45, 2.75) is 47.1 Å². The van der Waals surface area contributed by atoms with Gasteiger partial charge in [-0.2, -0.15) is 0 Å². The molecule has 0 fully saturated rings. The van der Waals surface area contributed by atoms with Crippen molar-refractivity contribution in [2.75, 3.05) is 10.2 Å². The summed E-state index contributed by atoms with van der Waals surface area (Å²) in [6.45, 7) is 11.5. The van der Waals surface area contributed by atoms with Crippen LogP contribution in [0.15, 0.2) is 12.1 Å². The highest BCUT2D eigenvalue weighted by molar-refractivity contribution is 6.35. The van der Waals surface area contributed by atoms with Crippen LogP contribution in [0.3, 0.4) is 0 Å². The van der Waals surface area contributed by atoms with Gasteiger partial charge < -0.3 is 5.32 Å². The fourth-order valence-electron chi connectivity index (χ4n) is 2.23. The first-order valence-corrected chi connectivity index (χ1v) is 6.87. The monoisotopic (exact) mass is 272 g/mol. The van der Waals surface area contributed by atoms with E-state index in [0.717, 1.165) is 16.9 Å². The Morgan fingerprint density at radius 2 is 1.90 bits per heavy atom. The lowest BCUT2D eigenvalue weighted by Crippen LogP contribution is -2.55. The maximum Gasteiger partial charge on any atom is 0.132 e. The average molecular weight is 272 g/mol. The highest BCUT2D eigenvalue weighted by atomic mass is 15.3. The van der Waals surface area contributed by atoms with Crippen molar-refractivity contribution in [2.24, 2.45) is 0 Å². The minimum Gasteiger partial charge on any atom is -0.371 e. The summed E-state index contributed by atoms with van der Waals surface area (Å²) >= 11 is 0. The summed E-state index contributed by atoms with van der Waals surface area (Å²) in [5.74, 6) is 0.681. The largest absolute Gasteiger partial charge is 0.371 e. The predicted molar refractivity (Wildman–Crippen MR) is 91.3 cm³/mol. The molecule has 1 aliphatic heterocycles. The highest BCUT2D eigenvalue weighted by Gasteiger charge is 2.37. The van der Waals surface area contributed by atoms with Crippen molar-refractivity contribution < 1.29 is 1.43 Å². The number of benzene rings is 1. The molecule has 2 rings (SSSR count). The zero-order valence-corrected chi connectivity index (χ0v) is 13.2. The SMILES string of the molecule is CC.[B]c1ccc2c(c1C)N(C(C)=N)C(=N)C(C)(C)N2.[HH]. The van der Waals surface area contributed by atoms with Crippen LogP contribution in [0.5, 0.6) is 0 Å². The van der Waals surface area contributed by atoms with Gasteiger partial charge in [0, 0.05) is 1.43 Å². The zero-order chi connectivity index (χ0) is 15.7. The molecule has 5 heteroatoms. The van der Waals surface area contributed by atoms with Crippen molar-refractivity contribution in [3.05, 3.63) is 17.7 Å². The number of nitrogens with zero attached hydrogens (tertiary/aromatic N) is 1. The maximum atomic E-state index is 8.26. The standard InChI is InChI=1S/C13H17BN4.C2H6.H2/c1-7-9(14)5-6-10-11(7)18(8(2)15)12(16)13(3,4)17-10;1-2;/h5-6,15-17H,1-4H3;1-2H3;1H. The summed E-state index contributed by atoms with van der Waals surface area (Å²) in [7, 11) is 5.92. The molecule has 20 heavy (non-hydrogen) atoms. The first-order valence-electron chi connectivity index (χ1n) is 6.87. The summed E-state index contributed by atoms with van der Waals surface area (Å²) < 4.78 is 0. The van der Waals surface area contributed by atoms with Crippen LogP contribution < -0.4 is 15.7 Å². The van der Waals surface area contributed by atoms with Gasteiger partial charge in [-0.15, -0.1) is 0 Å². The molecule has 0 unspecified atom stereocenters. The first-order chi connectivity index (χ1) is 9.25. The summed E-state index contributed by atoms with van der Waals surface area (Å²) in [6.07, 6.45) is 0. The molecule has 0 atom stereocenters. The molecule has 2 radical (unpaired) electrons. The van der Waals surface area contributed by atoms with Gasteiger partial charge in [0.05, 0.1) is 16.9 Å².